The molecule has 2 aromatic carbocycles. The number of imidazole rings is 1. The van der Waals surface area contributed by atoms with Gasteiger partial charge >= 0.3 is 0 Å². The zero-order valence-electron chi connectivity index (χ0n) is 16.8. The number of fused-ring (bicyclic) bond motifs is 1. The lowest BCUT2D eigenvalue weighted by molar-refractivity contribution is -0.133. The topological polar surface area (TPSA) is 53.4 Å². The Morgan fingerprint density at radius 3 is 2.66 bits per heavy atom. The molecular weight excluding hydrogens is 362 g/mol. The van der Waals surface area contributed by atoms with Crippen molar-refractivity contribution in [3.63, 3.8) is 0 Å². The first kappa shape index (κ1) is 18.2. The van der Waals surface area contributed by atoms with Crippen molar-refractivity contribution in [2.45, 2.75) is 18.9 Å². The zero-order valence-corrected chi connectivity index (χ0v) is 16.8. The van der Waals surface area contributed by atoms with Crippen molar-refractivity contribution in [3.05, 3.63) is 48.5 Å². The number of para-hydroxylation sites is 2. The van der Waals surface area contributed by atoms with Gasteiger partial charge in [-0.1, -0.05) is 24.3 Å². The van der Waals surface area contributed by atoms with Crippen molar-refractivity contribution in [3.8, 4) is 11.4 Å². The van der Waals surface area contributed by atoms with Gasteiger partial charge < -0.3 is 19.7 Å². The molecule has 3 heterocycles. The van der Waals surface area contributed by atoms with E-state index in [0.717, 1.165) is 68.0 Å². The first-order valence-corrected chi connectivity index (χ1v) is 10.5. The van der Waals surface area contributed by atoms with Crippen LogP contribution in [-0.2, 0) is 11.8 Å². The largest absolute Gasteiger partial charge is 0.368 e. The Morgan fingerprint density at radius 2 is 1.90 bits per heavy atom. The molecule has 2 aliphatic heterocycles. The maximum atomic E-state index is 12.6. The average molecular weight is 390 g/mol. The Kier molecular flexibility index (Phi) is 4.72. The second kappa shape index (κ2) is 7.52. The van der Waals surface area contributed by atoms with Crippen LogP contribution in [0.2, 0.25) is 0 Å². The summed E-state index contributed by atoms with van der Waals surface area (Å²) in [6.07, 6.45) is 2.07. The lowest BCUT2D eigenvalue weighted by atomic mass is 10.1. The molecule has 1 amide bonds. The maximum absolute atomic E-state index is 12.6. The normalized spacial score (nSPS) is 19.8. The molecule has 1 atom stereocenters. The minimum atomic E-state index is 0.0300. The van der Waals surface area contributed by atoms with Gasteiger partial charge in [-0.05, 0) is 43.7 Å². The fourth-order valence-corrected chi connectivity index (χ4v) is 4.55. The van der Waals surface area contributed by atoms with Crippen LogP contribution in [0.25, 0.3) is 22.4 Å². The van der Waals surface area contributed by atoms with Crippen LogP contribution in [0.5, 0.6) is 0 Å². The summed E-state index contributed by atoms with van der Waals surface area (Å²) in [4.78, 5) is 21.9. The first-order valence-electron chi connectivity index (χ1n) is 10.5. The Balaban J connectivity index is 1.33. The zero-order chi connectivity index (χ0) is 19.8. The number of nitrogens with zero attached hydrogens (tertiary/aromatic N) is 4. The number of benzene rings is 2. The molecule has 0 spiro atoms. The summed E-state index contributed by atoms with van der Waals surface area (Å²) >= 11 is 0. The van der Waals surface area contributed by atoms with E-state index in [1.54, 1.807) is 0 Å². The second-order valence-corrected chi connectivity index (χ2v) is 7.99. The Bertz CT molecular complexity index is 1030. The smallest absolute Gasteiger partial charge is 0.239 e. The Morgan fingerprint density at radius 1 is 1.07 bits per heavy atom. The number of carbonyl (C=O) groups excluding carboxylic acids is 1. The van der Waals surface area contributed by atoms with E-state index in [1.165, 1.54) is 5.69 Å². The average Bonchev–Trinajstić information content (AvgIpc) is 3.42. The van der Waals surface area contributed by atoms with E-state index in [0.29, 0.717) is 0 Å². The number of aromatic nitrogens is 2. The quantitative estimate of drug-likeness (QED) is 0.748. The predicted octanol–water partition coefficient (Wildman–Crippen LogP) is 2.64. The molecule has 29 heavy (non-hydrogen) atoms. The van der Waals surface area contributed by atoms with E-state index in [1.807, 2.05) is 17.0 Å². The van der Waals surface area contributed by atoms with Gasteiger partial charge in [-0.3, -0.25) is 4.79 Å². The first-order chi connectivity index (χ1) is 14.2. The van der Waals surface area contributed by atoms with Crippen LogP contribution in [0.1, 0.15) is 12.8 Å². The molecule has 6 heteroatoms. The summed E-state index contributed by atoms with van der Waals surface area (Å²) in [5, 5.41) is 3.32. The van der Waals surface area contributed by atoms with Gasteiger partial charge in [0, 0.05) is 44.5 Å². The third-order valence-corrected chi connectivity index (χ3v) is 6.21. The van der Waals surface area contributed by atoms with Crippen LogP contribution in [-0.4, -0.2) is 59.1 Å². The van der Waals surface area contributed by atoms with E-state index in [2.05, 4.69) is 58.2 Å². The number of nitrogens with one attached hydrogen (secondary N) is 1. The summed E-state index contributed by atoms with van der Waals surface area (Å²) < 4.78 is 2.15. The van der Waals surface area contributed by atoms with Gasteiger partial charge in [-0.2, -0.15) is 0 Å². The summed E-state index contributed by atoms with van der Waals surface area (Å²) in [5.41, 5.74) is 4.47. The number of rotatable bonds is 3. The molecule has 0 radical (unpaired) electrons. The molecule has 1 N–H and O–H groups in total. The van der Waals surface area contributed by atoms with E-state index < -0.39 is 0 Å². The molecule has 0 bridgehead atoms. The van der Waals surface area contributed by atoms with Crippen LogP contribution >= 0.6 is 0 Å². The molecule has 0 saturated carbocycles. The van der Waals surface area contributed by atoms with Crippen molar-refractivity contribution in [2.75, 3.05) is 37.6 Å². The number of hydrogen-bond donors (Lipinski definition) is 1. The fraction of sp³-hybridized carbons (Fsp3) is 0.391. The number of piperazine rings is 1. The van der Waals surface area contributed by atoms with E-state index in [4.69, 9.17) is 4.98 Å². The molecular formula is C23H27N5O. The second-order valence-electron chi connectivity index (χ2n) is 7.99. The number of carbonyl (C=O) groups is 1. The summed E-state index contributed by atoms with van der Waals surface area (Å²) in [6, 6.07) is 16.9. The Hall–Kier alpha value is -2.86. The standard InChI is InChI=1S/C23H27N5O/c1-26-21-10-3-2-8-19(21)25-22(26)17-6-4-7-18(16-17)27-12-14-28(15-13-27)23(29)20-9-5-11-24-20/h2-4,6-8,10,16,20,24H,5,9,11-15H2,1H3/t20-/m1/s1. The molecule has 2 aliphatic rings. The van der Waals surface area contributed by atoms with Gasteiger partial charge in [0.25, 0.3) is 0 Å². The molecule has 0 aliphatic carbocycles. The number of hydrogen-bond acceptors (Lipinski definition) is 4. The highest BCUT2D eigenvalue weighted by molar-refractivity contribution is 5.83. The van der Waals surface area contributed by atoms with Crippen molar-refractivity contribution < 1.29 is 4.79 Å². The van der Waals surface area contributed by atoms with E-state index in [-0.39, 0.29) is 11.9 Å². The van der Waals surface area contributed by atoms with Crippen LogP contribution in [0.15, 0.2) is 48.5 Å². The van der Waals surface area contributed by atoms with Gasteiger partial charge in [0.15, 0.2) is 0 Å². The van der Waals surface area contributed by atoms with Gasteiger partial charge in [0.05, 0.1) is 17.1 Å². The summed E-state index contributed by atoms with van der Waals surface area (Å²) in [5.74, 6) is 1.25. The molecule has 6 nitrogen and oxygen atoms in total. The van der Waals surface area contributed by atoms with E-state index in [9.17, 15) is 4.79 Å². The van der Waals surface area contributed by atoms with Gasteiger partial charge in [-0.25, -0.2) is 4.98 Å². The highest BCUT2D eigenvalue weighted by Crippen LogP contribution is 2.27. The Labute approximate surface area is 171 Å². The summed E-state index contributed by atoms with van der Waals surface area (Å²) in [7, 11) is 2.07. The predicted molar refractivity (Wildman–Crippen MR) is 116 cm³/mol. The van der Waals surface area contributed by atoms with Crippen LogP contribution in [0.3, 0.4) is 0 Å². The maximum Gasteiger partial charge on any atom is 0.239 e. The lowest BCUT2D eigenvalue weighted by Crippen LogP contribution is -2.53. The van der Waals surface area contributed by atoms with E-state index >= 15 is 0 Å². The van der Waals surface area contributed by atoms with Crippen molar-refractivity contribution in [1.29, 1.82) is 0 Å². The van der Waals surface area contributed by atoms with Crippen molar-refractivity contribution in [1.82, 2.24) is 19.8 Å². The molecule has 2 fully saturated rings. The van der Waals surface area contributed by atoms with Gasteiger partial charge in [0.2, 0.25) is 5.91 Å². The highest BCUT2D eigenvalue weighted by atomic mass is 16.2. The molecule has 1 aromatic heterocycles. The molecule has 150 valence electrons. The highest BCUT2D eigenvalue weighted by Gasteiger charge is 2.29. The van der Waals surface area contributed by atoms with Crippen LogP contribution in [0.4, 0.5) is 5.69 Å². The minimum absolute atomic E-state index is 0.0300. The van der Waals surface area contributed by atoms with Gasteiger partial charge in [-0.15, -0.1) is 0 Å². The monoisotopic (exact) mass is 389 g/mol. The molecule has 5 rings (SSSR count). The third kappa shape index (κ3) is 3.38. The number of amides is 1. The molecule has 3 aromatic rings. The number of anilines is 1. The van der Waals surface area contributed by atoms with Crippen molar-refractivity contribution in [2.24, 2.45) is 7.05 Å². The fourth-order valence-electron chi connectivity index (χ4n) is 4.55. The molecule has 0 unspecified atom stereocenters. The number of aryl methyl sites for hydroxylation is 1. The van der Waals surface area contributed by atoms with Crippen LogP contribution in [0, 0.1) is 0 Å². The SMILES string of the molecule is Cn1c(-c2cccc(N3CCN(C(=O)[C@H]4CCCN4)CC3)c2)nc2ccccc21. The summed E-state index contributed by atoms with van der Waals surface area (Å²) in [6.45, 7) is 4.27. The van der Waals surface area contributed by atoms with Crippen molar-refractivity contribution >= 4 is 22.6 Å². The third-order valence-electron chi connectivity index (χ3n) is 6.21. The lowest BCUT2D eigenvalue weighted by Gasteiger charge is -2.37. The minimum Gasteiger partial charge on any atom is -0.368 e. The van der Waals surface area contributed by atoms with Gasteiger partial charge in [0.1, 0.15) is 5.82 Å². The molecule has 2 saturated heterocycles. The van der Waals surface area contributed by atoms with Crippen LogP contribution < -0.4 is 10.2 Å².